The van der Waals surface area contributed by atoms with Gasteiger partial charge < -0.3 is 19.5 Å². The van der Waals surface area contributed by atoms with E-state index < -0.39 is 42.9 Å². The molecule has 2 aliphatic rings. The Morgan fingerprint density at radius 2 is 1.71 bits per heavy atom. The number of Topliss-reactive ketones (excluding diaryl/α,β-unsaturated/α-hetero) is 1. The zero-order valence-corrected chi connectivity index (χ0v) is 21.8. The van der Waals surface area contributed by atoms with Crippen LogP contribution in [0.3, 0.4) is 0 Å². The molecule has 0 unspecified atom stereocenters. The van der Waals surface area contributed by atoms with Crippen LogP contribution in [0.5, 0.6) is 0 Å². The lowest BCUT2D eigenvalue weighted by atomic mass is 9.65. The molecule has 12 heteroatoms. The maximum atomic E-state index is 12.9. The van der Waals surface area contributed by atoms with E-state index in [1.807, 2.05) is 25.8 Å². The Balaban J connectivity index is 1.69. The summed E-state index contributed by atoms with van der Waals surface area (Å²) < 4.78 is 11.3. The molecule has 1 aromatic rings. The van der Waals surface area contributed by atoms with Gasteiger partial charge >= 0.3 is 19.1 Å². The van der Waals surface area contributed by atoms with Gasteiger partial charge in [-0.3, -0.25) is 24.1 Å². The van der Waals surface area contributed by atoms with E-state index in [9.17, 15) is 19.2 Å². The number of hydrogen-bond donors (Lipinski definition) is 1. The van der Waals surface area contributed by atoms with Gasteiger partial charge in [-0.2, -0.15) is 0 Å². The number of amides is 1. The fourth-order valence-electron chi connectivity index (χ4n) is 4.43. The van der Waals surface area contributed by atoms with Crippen LogP contribution in [0.15, 0.2) is 18.2 Å². The third kappa shape index (κ3) is 6.97. The molecule has 3 rings (SSSR count). The molecule has 0 saturated carbocycles. The van der Waals surface area contributed by atoms with Gasteiger partial charge in [-0.1, -0.05) is 37.0 Å². The van der Waals surface area contributed by atoms with E-state index in [2.05, 4.69) is 5.32 Å². The monoisotopic (exact) mass is 525 g/mol. The van der Waals surface area contributed by atoms with Crippen LogP contribution in [0.1, 0.15) is 37.0 Å². The molecule has 2 aliphatic heterocycles. The van der Waals surface area contributed by atoms with Gasteiger partial charge in [-0.15, -0.1) is 0 Å². The largest absolute Gasteiger partial charge is 0.602 e. The molecule has 2 saturated heterocycles. The van der Waals surface area contributed by atoms with Gasteiger partial charge in [0, 0.05) is 30.4 Å². The number of nitrogens with zero attached hydrogens (tertiary/aromatic N) is 2. The number of likely N-dealkylation sites (N-methyl/N-ethyl adjacent to an activating group) is 2. The highest BCUT2D eigenvalue weighted by molar-refractivity contribution is 6.51. The number of piperazine rings is 1. The number of fused-ring (bicyclic) bond motifs is 2. The highest BCUT2D eigenvalue weighted by Gasteiger charge is 2.48. The van der Waals surface area contributed by atoms with Crippen LogP contribution in [0.2, 0.25) is 15.9 Å². The second kappa shape index (κ2) is 11.7. The third-order valence-corrected chi connectivity index (χ3v) is 6.79. The third-order valence-electron chi connectivity index (χ3n) is 6.23. The standard InChI is InChI=1S/C23H30BCl2N3O6/c1-13(2)7-14(8-16(30)10-27-21(31)17-9-15(25)5-6-18(17)26)24-34-22(32)19-11-28(3)12-20(29(19)4)23(33)35-24/h5-6,9,13-14,19-20H,7-8,10-12H2,1-4H3,(H,27,31)/t14-,19-,20-/m1/s1. The summed E-state index contributed by atoms with van der Waals surface area (Å²) in [6.07, 6.45) is 0.439. The minimum Gasteiger partial charge on any atom is -0.498 e. The maximum absolute atomic E-state index is 12.9. The lowest BCUT2D eigenvalue weighted by Crippen LogP contribution is -2.64. The summed E-state index contributed by atoms with van der Waals surface area (Å²) in [5.41, 5.74) is 0.161. The van der Waals surface area contributed by atoms with E-state index in [4.69, 9.17) is 32.5 Å². The molecule has 35 heavy (non-hydrogen) atoms. The van der Waals surface area contributed by atoms with Crippen molar-refractivity contribution in [3.05, 3.63) is 33.8 Å². The van der Waals surface area contributed by atoms with Crippen LogP contribution in [0.25, 0.3) is 0 Å². The fraction of sp³-hybridized carbons (Fsp3) is 0.565. The average Bonchev–Trinajstić information content (AvgIpc) is 2.78. The second-order valence-corrected chi connectivity index (χ2v) is 10.4. The van der Waals surface area contributed by atoms with Gasteiger partial charge in [0.1, 0.15) is 12.1 Å². The van der Waals surface area contributed by atoms with Crippen molar-refractivity contribution in [2.24, 2.45) is 5.92 Å². The molecule has 0 spiro atoms. The Morgan fingerprint density at radius 1 is 1.11 bits per heavy atom. The van der Waals surface area contributed by atoms with Crippen molar-refractivity contribution in [2.75, 3.05) is 33.7 Å². The van der Waals surface area contributed by atoms with Crippen LogP contribution in [-0.2, 0) is 23.7 Å². The molecule has 3 atom stereocenters. The van der Waals surface area contributed by atoms with E-state index >= 15 is 0 Å². The van der Waals surface area contributed by atoms with Gasteiger partial charge in [-0.05, 0) is 44.6 Å². The Kier molecular flexibility index (Phi) is 9.20. The number of benzene rings is 1. The van der Waals surface area contributed by atoms with Crippen molar-refractivity contribution >= 4 is 53.9 Å². The quantitative estimate of drug-likeness (QED) is 0.515. The van der Waals surface area contributed by atoms with Crippen molar-refractivity contribution in [1.82, 2.24) is 15.1 Å². The minimum absolute atomic E-state index is 0.0436. The van der Waals surface area contributed by atoms with Crippen LogP contribution in [0, 0.1) is 5.92 Å². The highest BCUT2D eigenvalue weighted by Crippen LogP contribution is 2.30. The molecule has 9 nitrogen and oxygen atoms in total. The van der Waals surface area contributed by atoms with E-state index in [1.165, 1.54) is 12.1 Å². The molecule has 2 fully saturated rings. The Bertz CT molecular complexity index is 966. The summed E-state index contributed by atoms with van der Waals surface area (Å²) in [6.45, 7) is 4.52. The first-order valence-corrected chi connectivity index (χ1v) is 12.3. The van der Waals surface area contributed by atoms with Gasteiger partial charge in [0.15, 0.2) is 5.78 Å². The first kappa shape index (κ1) is 27.5. The van der Waals surface area contributed by atoms with Gasteiger partial charge in [0.25, 0.3) is 5.91 Å². The van der Waals surface area contributed by atoms with Crippen molar-refractivity contribution in [3.8, 4) is 0 Å². The molecule has 0 aromatic heterocycles. The Labute approximate surface area is 215 Å². The molecule has 2 bridgehead atoms. The lowest BCUT2D eigenvalue weighted by Gasteiger charge is -2.43. The Hall–Kier alpha value is -2.14. The molecule has 1 N–H and O–H groups in total. The van der Waals surface area contributed by atoms with Crippen LogP contribution < -0.4 is 5.32 Å². The average molecular weight is 526 g/mol. The smallest absolute Gasteiger partial charge is 0.498 e. The van der Waals surface area contributed by atoms with Crippen molar-refractivity contribution in [3.63, 3.8) is 0 Å². The molecule has 0 radical (unpaired) electrons. The lowest BCUT2D eigenvalue weighted by molar-refractivity contribution is -0.159. The van der Waals surface area contributed by atoms with E-state index in [1.54, 1.807) is 18.0 Å². The predicted molar refractivity (Wildman–Crippen MR) is 132 cm³/mol. The number of halogens is 2. The maximum Gasteiger partial charge on any atom is 0.602 e. The minimum atomic E-state index is -1.18. The van der Waals surface area contributed by atoms with Crippen molar-refractivity contribution < 1.29 is 28.5 Å². The first-order valence-electron chi connectivity index (χ1n) is 11.5. The fourth-order valence-corrected chi connectivity index (χ4v) is 4.81. The molecule has 190 valence electrons. The highest BCUT2D eigenvalue weighted by atomic mass is 35.5. The number of carbonyl (C=O) groups is 4. The number of carbonyl (C=O) groups excluding carboxylic acids is 4. The number of rotatable bonds is 8. The van der Waals surface area contributed by atoms with E-state index in [0.717, 1.165) is 0 Å². The van der Waals surface area contributed by atoms with Crippen molar-refractivity contribution in [2.45, 2.75) is 44.6 Å². The molecule has 1 aromatic carbocycles. The molecule has 0 aliphatic carbocycles. The summed E-state index contributed by atoms with van der Waals surface area (Å²) >= 11 is 12.0. The SMILES string of the molecule is CC(C)C[C@H](CC(=O)CNC(=O)c1cc(Cl)ccc1Cl)B1OC(=O)[C@H]2CN(C)C[C@H](C(=O)O1)N2C. The van der Waals surface area contributed by atoms with Gasteiger partial charge in [0.2, 0.25) is 0 Å². The summed E-state index contributed by atoms with van der Waals surface area (Å²) in [7, 11) is 2.36. The summed E-state index contributed by atoms with van der Waals surface area (Å²) in [5.74, 6) is -2.23. The molecular formula is C23H30BCl2N3O6. The zero-order chi connectivity index (χ0) is 25.9. The van der Waals surface area contributed by atoms with Gasteiger partial charge in [-0.25, -0.2) is 0 Å². The number of ketones is 1. The zero-order valence-electron chi connectivity index (χ0n) is 20.3. The Morgan fingerprint density at radius 3 is 2.29 bits per heavy atom. The van der Waals surface area contributed by atoms with E-state index in [-0.39, 0.29) is 35.3 Å². The second-order valence-electron chi connectivity index (χ2n) is 9.60. The summed E-state index contributed by atoms with van der Waals surface area (Å²) in [5, 5.41) is 3.11. The summed E-state index contributed by atoms with van der Waals surface area (Å²) in [4.78, 5) is 54.7. The molecule has 1 amide bonds. The normalized spacial score (nSPS) is 22.2. The van der Waals surface area contributed by atoms with Gasteiger partial charge in [0.05, 0.1) is 17.1 Å². The molecule has 2 heterocycles. The van der Waals surface area contributed by atoms with Crippen LogP contribution >= 0.6 is 23.2 Å². The number of nitrogens with one attached hydrogen (secondary N) is 1. The van der Waals surface area contributed by atoms with Crippen LogP contribution in [0.4, 0.5) is 0 Å². The van der Waals surface area contributed by atoms with Crippen molar-refractivity contribution in [1.29, 1.82) is 0 Å². The van der Waals surface area contributed by atoms with Crippen LogP contribution in [-0.4, -0.2) is 86.4 Å². The predicted octanol–water partition coefficient (Wildman–Crippen LogP) is 2.30. The topological polar surface area (TPSA) is 105 Å². The number of hydrogen-bond acceptors (Lipinski definition) is 8. The first-order chi connectivity index (χ1) is 16.5. The summed E-state index contributed by atoms with van der Waals surface area (Å²) in [6, 6.07) is 3.27. The van der Waals surface area contributed by atoms with E-state index in [0.29, 0.717) is 24.5 Å². The molecular weight excluding hydrogens is 496 g/mol.